The van der Waals surface area contributed by atoms with Gasteiger partial charge in [0.1, 0.15) is 16.6 Å². The Bertz CT molecular complexity index is 1860. The third-order valence-electron chi connectivity index (χ3n) is 5.16. The van der Waals surface area contributed by atoms with Gasteiger partial charge >= 0.3 is 24.5 Å². The van der Waals surface area contributed by atoms with Gasteiger partial charge in [-0.1, -0.05) is 36.4 Å². The quantitative estimate of drug-likeness (QED) is 0.256. The third kappa shape index (κ3) is 4.00. The van der Waals surface area contributed by atoms with Crippen LogP contribution in [0.4, 0.5) is 0 Å². The third-order valence-corrected chi connectivity index (χ3v) is 6.22. The number of hydrogen-bond donors (Lipinski definition) is 0. The first kappa shape index (κ1) is 22.9. The number of phosphoric acid groups is 1. The minimum atomic E-state index is -5.22. The van der Waals surface area contributed by atoms with E-state index in [1.807, 2.05) is 0 Å². The number of benzene rings is 3. The topological polar surface area (TPSA) is 188 Å². The summed E-state index contributed by atoms with van der Waals surface area (Å²) in [5, 5.41) is 22.3. The lowest BCUT2D eigenvalue weighted by Gasteiger charge is -2.17. The number of nitrogens with zero attached hydrogens (tertiary/aromatic N) is 9. The molecule has 0 N–H and O–H groups in total. The molecule has 0 saturated carbocycles. The number of fused-ring (bicyclic) bond motifs is 3. The van der Waals surface area contributed by atoms with Crippen molar-refractivity contribution in [1.82, 2.24) is 45.5 Å². The molecule has 16 nitrogen and oxygen atoms in total. The molecule has 188 valence electrons. The van der Waals surface area contributed by atoms with Gasteiger partial charge in [0.25, 0.3) is 0 Å². The molecule has 0 unspecified atom stereocenters. The van der Waals surface area contributed by atoms with E-state index in [1.165, 1.54) is 36.4 Å². The molecule has 0 aliphatic carbocycles. The average Bonchev–Trinajstić information content (AvgIpc) is 2.94. The van der Waals surface area contributed by atoms with Crippen LogP contribution in [-0.2, 0) is 4.57 Å². The van der Waals surface area contributed by atoms with Crippen LogP contribution in [0.1, 0.15) is 0 Å². The SMILES string of the molecule is O=c1c2ccccc2nnn1OP(=O)(On1nnc2ccccc2c1=O)On1nnc2ccccc2c1=O. The monoisotopic (exact) mass is 533 g/mol. The summed E-state index contributed by atoms with van der Waals surface area (Å²) in [7, 11) is -5.22. The summed E-state index contributed by atoms with van der Waals surface area (Å²) in [5.74, 6) is 0. The van der Waals surface area contributed by atoms with Gasteiger partial charge in [-0.15, -0.1) is 15.3 Å². The molecular weight excluding hydrogens is 521 g/mol. The van der Waals surface area contributed by atoms with E-state index in [1.54, 1.807) is 36.4 Å². The molecule has 0 saturated heterocycles. The van der Waals surface area contributed by atoms with Crippen molar-refractivity contribution in [3.05, 3.63) is 104 Å². The van der Waals surface area contributed by atoms with Crippen LogP contribution in [0.5, 0.6) is 0 Å². The van der Waals surface area contributed by atoms with Gasteiger partial charge in [0.15, 0.2) is 0 Å². The van der Waals surface area contributed by atoms with Crippen molar-refractivity contribution < 1.29 is 18.4 Å². The molecule has 6 rings (SSSR count). The van der Waals surface area contributed by atoms with Crippen molar-refractivity contribution in [3.8, 4) is 0 Å². The molecule has 17 heteroatoms. The standard InChI is InChI=1S/C21H12N9O7P/c31-19-13-7-1-4-10-16(13)22-25-28(19)35-38(34,36-29-20(32)14-8-2-5-11-17(14)23-26-29)37-30-21(33)15-9-3-6-12-18(15)24-27-30/h1-12H. The van der Waals surface area contributed by atoms with Crippen LogP contribution in [-0.4, -0.2) is 45.5 Å². The lowest BCUT2D eigenvalue weighted by molar-refractivity contribution is 0.0454. The molecule has 0 aliphatic rings. The molecule has 38 heavy (non-hydrogen) atoms. The lowest BCUT2D eigenvalue weighted by Crippen LogP contribution is -2.39. The van der Waals surface area contributed by atoms with Crippen LogP contribution in [0.15, 0.2) is 87.2 Å². The molecule has 0 aliphatic heterocycles. The summed E-state index contributed by atoms with van der Waals surface area (Å²) >= 11 is 0. The molecule has 0 fully saturated rings. The minimum Gasteiger partial charge on any atom is -0.267 e. The van der Waals surface area contributed by atoms with Crippen molar-refractivity contribution in [1.29, 1.82) is 0 Å². The van der Waals surface area contributed by atoms with Crippen LogP contribution in [0, 0.1) is 0 Å². The highest BCUT2D eigenvalue weighted by molar-refractivity contribution is 7.49. The maximum absolute atomic E-state index is 13.8. The Kier molecular flexibility index (Phi) is 5.35. The highest BCUT2D eigenvalue weighted by Crippen LogP contribution is 2.37. The normalized spacial score (nSPS) is 11.6. The van der Waals surface area contributed by atoms with Gasteiger partial charge in [0.05, 0.1) is 16.2 Å². The van der Waals surface area contributed by atoms with Gasteiger partial charge in [-0.3, -0.25) is 28.3 Å². The summed E-state index contributed by atoms with van der Waals surface area (Å²) in [6.07, 6.45) is 0. The predicted octanol–water partition coefficient (Wildman–Crippen LogP) is -0.204. The van der Waals surface area contributed by atoms with Crippen molar-refractivity contribution in [2.24, 2.45) is 0 Å². The van der Waals surface area contributed by atoms with Crippen LogP contribution in [0.25, 0.3) is 32.7 Å². The molecule has 3 aromatic carbocycles. The molecule has 3 aromatic heterocycles. The predicted molar refractivity (Wildman–Crippen MR) is 129 cm³/mol. The summed E-state index contributed by atoms with van der Waals surface area (Å²) < 4.78 is 29.3. The molecule has 0 spiro atoms. The van der Waals surface area contributed by atoms with E-state index in [2.05, 4.69) is 30.9 Å². The van der Waals surface area contributed by atoms with E-state index in [0.717, 1.165) is 0 Å². The molecule has 0 amide bonds. The zero-order valence-corrected chi connectivity index (χ0v) is 19.7. The van der Waals surface area contributed by atoms with Crippen molar-refractivity contribution in [2.45, 2.75) is 0 Å². The smallest absolute Gasteiger partial charge is 0.267 e. The fraction of sp³-hybridized carbons (Fsp3) is 0. The summed E-state index contributed by atoms with van der Waals surface area (Å²) in [6.45, 7) is 0. The first-order valence-corrected chi connectivity index (χ1v) is 12.1. The first-order valence-electron chi connectivity index (χ1n) is 10.7. The van der Waals surface area contributed by atoms with Gasteiger partial charge in [-0.05, 0) is 66.6 Å². The Labute approximate surface area is 208 Å². The maximum atomic E-state index is 13.8. The summed E-state index contributed by atoms with van der Waals surface area (Å²) in [4.78, 5) is 39.4. The van der Waals surface area contributed by atoms with Crippen LogP contribution >= 0.6 is 7.82 Å². The molecule has 6 aromatic rings. The molecule has 0 radical (unpaired) electrons. The van der Waals surface area contributed by atoms with Gasteiger partial charge in [0, 0.05) is 0 Å². The molecular formula is C21H12N9O7P. The van der Waals surface area contributed by atoms with Crippen molar-refractivity contribution in [2.75, 3.05) is 0 Å². The van der Waals surface area contributed by atoms with Crippen LogP contribution in [0.2, 0.25) is 0 Å². The Morgan fingerprint density at radius 3 is 1.11 bits per heavy atom. The van der Waals surface area contributed by atoms with Crippen molar-refractivity contribution >= 4 is 40.5 Å². The second-order valence-electron chi connectivity index (χ2n) is 7.55. The van der Waals surface area contributed by atoms with Gasteiger partial charge in [-0.2, -0.15) is 4.57 Å². The molecule has 0 atom stereocenters. The highest BCUT2D eigenvalue weighted by Gasteiger charge is 2.40. The fourth-order valence-electron chi connectivity index (χ4n) is 3.41. The zero-order chi connectivity index (χ0) is 26.3. The Morgan fingerprint density at radius 2 is 0.789 bits per heavy atom. The van der Waals surface area contributed by atoms with E-state index < -0.39 is 24.5 Å². The Morgan fingerprint density at radius 1 is 0.500 bits per heavy atom. The number of aromatic nitrogens is 9. The van der Waals surface area contributed by atoms with Crippen LogP contribution in [0.3, 0.4) is 0 Å². The van der Waals surface area contributed by atoms with Gasteiger partial charge in [-0.25, -0.2) is 0 Å². The fourth-order valence-corrected chi connectivity index (χ4v) is 4.39. The van der Waals surface area contributed by atoms with Gasteiger partial charge in [0.2, 0.25) is 0 Å². The van der Waals surface area contributed by atoms with Crippen molar-refractivity contribution in [3.63, 3.8) is 0 Å². The Balaban J connectivity index is 1.47. The van der Waals surface area contributed by atoms with Gasteiger partial charge < -0.3 is 0 Å². The molecule has 3 heterocycles. The number of hydrogen-bond acceptors (Lipinski definition) is 13. The van der Waals surface area contributed by atoms with E-state index in [4.69, 9.17) is 13.9 Å². The summed E-state index contributed by atoms with van der Waals surface area (Å²) in [5.41, 5.74) is -2.00. The second-order valence-corrected chi connectivity index (χ2v) is 8.93. The summed E-state index contributed by atoms with van der Waals surface area (Å²) in [6, 6.07) is 18.5. The molecule has 0 bridgehead atoms. The second kappa shape index (κ2) is 8.86. The van der Waals surface area contributed by atoms with E-state index in [9.17, 15) is 18.9 Å². The lowest BCUT2D eigenvalue weighted by atomic mass is 10.2. The zero-order valence-electron chi connectivity index (χ0n) is 18.8. The average molecular weight is 533 g/mol. The largest absolute Gasteiger partial charge is 0.710 e. The highest BCUT2D eigenvalue weighted by atomic mass is 31.2. The first-order chi connectivity index (χ1) is 18.4. The maximum Gasteiger partial charge on any atom is 0.710 e. The van der Waals surface area contributed by atoms with Crippen LogP contribution < -0.4 is 30.6 Å². The number of rotatable bonds is 6. The van der Waals surface area contributed by atoms with E-state index in [-0.39, 0.29) is 47.2 Å². The Hall–Kier alpha value is -5.50. The van der Waals surface area contributed by atoms with E-state index >= 15 is 0 Å². The van der Waals surface area contributed by atoms with E-state index in [0.29, 0.717) is 0 Å². The minimum absolute atomic E-state index is 0.0550.